The molecule has 0 radical (unpaired) electrons. The number of fused-ring (bicyclic) bond motifs is 1. The van der Waals surface area contributed by atoms with Crippen molar-refractivity contribution in [2.24, 2.45) is 5.92 Å². The second-order valence-electron chi connectivity index (χ2n) is 9.58. The Balaban J connectivity index is 1.27. The zero-order valence-corrected chi connectivity index (χ0v) is 20.4. The Morgan fingerprint density at radius 2 is 1.60 bits per heavy atom. The van der Waals surface area contributed by atoms with E-state index in [1.807, 2.05) is 18.2 Å². The molecular weight excluding hydrogens is 460 g/mol. The van der Waals surface area contributed by atoms with E-state index in [2.05, 4.69) is 35.1 Å². The van der Waals surface area contributed by atoms with Gasteiger partial charge in [-0.15, -0.1) is 0 Å². The summed E-state index contributed by atoms with van der Waals surface area (Å²) in [4.78, 5) is 11.0. The molecule has 1 fully saturated rings. The van der Waals surface area contributed by atoms with Crippen molar-refractivity contribution >= 4 is 27.6 Å². The van der Waals surface area contributed by atoms with Crippen LogP contribution in [0.5, 0.6) is 0 Å². The number of hydrogen-bond acceptors (Lipinski definition) is 3. The number of anilines is 2. The molecule has 182 valence electrons. The van der Waals surface area contributed by atoms with Gasteiger partial charge in [0.2, 0.25) is 0 Å². The van der Waals surface area contributed by atoms with Crippen LogP contribution in [0.2, 0.25) is 0 Å². The van der Waals surface area contributed by atoms with Crippen LogP contribution in [0.25, 0.3) is 11.1 Å². The van der Waals surface area contributed by atoms with E-state index in [0.717, 1.165) is 48.1 Å². The van der Waals surface area contributed by atoms with Crippen LogP contribution in [-0.4, -0.2) is 26.0 Å². The summed E-state index contributed by atoms with van der Waals surface area (Å²) in [7, 11) is -3.68. The lowest BCUT2D eigenvalue weighted by Crippen LogP contribution is -2.34. The molecule has 0 bridgehead atoms. The third-order valence-corrected chi connectivity index (χ3v) is 8.72. The Labute approximate surface area is 206 Å². The molecule has 6 nitrogen and oxygen atoms in total. The molecule has 1 heterocycles. The molecule has 3 aromatic carbocycles. The van der Waals surface area contributed by atoms with Crippen molar-refractivity contribution < 1.29 is 18.3 Å². The van der Waals surface area contributed by atoms with Gasteiger partial charge in [-0.3, -0.25) is 13.8 Å². The van der Waals surface area contributed by atoms with E-state index in [0.29, 0.717) is 30.5 Å². The third-order valence-electron chi connectivity index (χ3n) is 7.27. The van der Waals surface area contributed by atoms with Gasteiger partial charge in [0.05, 0.1) is 11.4 Å². The zero-order chi connectivity index (χ0) is 24.4. The molecule has 5 rings (SSSR count). The number of para-hydroxylation sites is 1. The van der Waals surface area contributed by atoms with Crippen LogP contribution in [0.3, 0.4) is 0 Å². The zero-order valence-electron chi connectivity index (χ0n) is 19.6. The fourth-order valence-corrected chi connectivity index (χ4v) is 6.72. The SMILES string of the molecule is O=C(O)C[C@H]1CC[C@H](c2ccc(-c3ccc4c(c3)CCN4S(=O)(=O)Nc3ccccc3)cc2)CC1. The minimum absolute atomic E-state index is 0.283. The first-order chi connectivity index (χ1) is 16.9. The van der Waals surface area contributed by atoms with Gasteiger partial charge in [-0.2, -0.15) is 8.42 Å². The van der Waals surface area contributed by atoms with Gasteiger partial charge in [-0.05, 0) is 90.5 Å². The predicted molar refractivity (Wildman–Crippen MR) is 139 cm³/mol. The van der Waals surface area contributed by atoms with E-state index in [1.165, 1.54) is 9.87 Å². The summed E-state index contributed by atoms with van der Waals surface area (Å²) in [6.45, 7) is 0.421. The number of nitrogens with zero attached hydrogens (tertiary/aromatic N) is 1. The summed E-state index contributed by atoms with van der Waals surface area (Å²) in [5, 5.41) is 9.02. The monoisotopic (exact) mass is 490 g/mol. The Kier molecular flexibility index (Phi) is 6.52. The second kappa shape index (κ2) is 9.74. The summed E-state index contributed by atoms with van der Waals surface area (Å²) in [5.41, 5.74) is 5.81. The number of rotatable bonds is 7. The highest BCUT2D eigenvalue weighted by Crippen LogP contribution is 2.38. The molecule has 1 saturated carbocycles. The molecule has 35 heavy (non-hydrogen) atoms. The second-order valence-corrected chi connectivity index (χ2v) is 11.2. The summed E-state index contributed by atoms with van der Waals surface area (Å²) < 4.78 is 30.0. The number of benzene rings is 3. The van der Waals surface area contributed by atoms with Gasteiger partial charge in [-0.25, -0.2) is 0 Å². The largest absolute Gasteiger partial charge is 0.481 e. The Morgan fingerprint density at radius 3 is 2.29 bits per heavy atom. The Bertz CT molecular complexity index is 1300. The number of carbonyl (C=O) groups is 1. The van der Waals surface area contributed by atoms with Crippen molar-refractivity contribution in [1.29, 1.82) is 0 Å². The van der Waals surface area contributed by atoms with Gasteiger partial charge < -0.3 is 5.11 Å². The first-order valence-corrected chi connectivity index (χ1v) is 13.6. The van der Waals surface area contributed by atoms with Crippen LogP contribution in [0, 0.1) is 5.92 Å². The normalized spacial score (nSPS) is 19.8. The van der Waals surface area contributed by atoms with Crippen molar-refractivity contribution in [3.8, 4) is 11.1 Å². The summed E-state index contributed by atoms with van der Waals surface area (Å²) in [6.07, 6.45) is 4.99. The lowest BCUT2D eigenvalue weighted by atomic mass is 9.77. The van der Waals surface area contributed by atoms with Crippen LogP contribution in [0.4, 0.5) is 11.4 Å². The number of nitrogens with one attached hydrogen (secondary N) is 1. The highest BCUT2D eigenvalue weighted by Gasteiger charge is 2.30. The maximum Gasteiger partial charge on any atom is 0.323 e. The molecule has 2 N–H and O–H groups in total. The van der Waals surface area contributed by atoms with Crippen LogP contribution in [-0.2, 0) is 21.4 Å². The van der Waals surface area contributed by atoms with Gasteiger partial charge in [0.1, 0.15) is 0 Å². The smallest absolute Gasteiger partial charge is 0.323 e. The van der Waals surface area contributed by atoms with Crippen LogP contribution in [0.15, 0.2) is 72.8 Å². The van der Waals surface area contributed by atoms with Gasteiger partial charge in [0.15, 0.2) is 0 Å². The van der Waals surface area contributed by atoms with Crippen molar-refractivity contribution in [3.05, 3.63) is 83.9 Å². The van der Waals surface area contributed by atoms with E-state index in [-0.39, 0.29) is 6.42 Å². The average molecular weight is 491 g/mol. The van der Waals surface area contributed by atoms with Crippen molar-refractivity contribution in [3.63, 3.8) is 0 Å². The molecule has 1 aliphatic heterocycles. The fourth-order valence-electron chi connectivity index (χ4n) is 5.41. The first-order valence-electron chi connectivity index (χ1n) is 12.2. The molecular formula is C28H30N2O4S. The van der Waals surface area contributed by atoms with Crippen molar-refractivity contribution in [2.45, 2.75) is 44.4 Å². The van der Waals surface area contributed by atoms with Gasteiger partial charge >= 0.3 is 16.2 Å². The standard InChI is InChI=1S/C28H30N2O4S/c31-28(32)18-20-6-8-21(9-7-20)22-10-12-23(13-11-22)24-14-15-27-25(19-24)16-17-30(27)35(33,34)29-26-4-2-1-3-5-26/h1-5,10-15,19-21,29H,6-9,16-18H2,(H,31,32)/t20-,21-. The van der Waals surface area contributed by atoms with Crippen molar-refractivity contribution in [2.75, 3.05) is 15.6 Å². The van der Waals surface area contributed by atoms with Crippen LogP contribution in [0.1, 0.15) is 49.1 Å². The van der Waals surface area contributed by atoms with Crippen molar-refractivity contribution in [1.82, 2.24) is 0 Å². The molecule has 0 unspecified atom stereocenters. The third kappa shape index (κ3) is 5.20. The maximum atomic E-state index is 13.0. The number of carboxylic acids is 1. The molecule has 1 aliphatic carbocycles. The fraction of sp³-hybridized carbons (Fsp3) is 0.321. The molecule has 0 aromatic heterocycles. The van der Waals surface area contributed by atoms with Crippen LogP contribution >= 0.6 is 0 Å². The number of aliphatic carboxylic acids is 1. The molecule has 0 spiro atoms. The number of carboxylic acid groups (broad SMARTS) is 1. The quantitative estimate of drug-likeness (QED) is 0.437. The maximum absolute atomic E-state index is 13.0. The average Bonchev–Trinajstić information content (AvgIpc) is 3.29. The van der Waals surface area contributed by atoms with E-state index in [4.69, 9.17) is 5.11 Å². The Morgan fingerprint density at radius 1 is 0.914 bits per heavy atom. The lowest BCUT2D eigenvalue weighted by molar-refractivity contribution is -0.138. The van der Waals surface area contributed by atoms with Gasteiger partial charge in [0.25, 0.3) is 0 Å². The van der Waals surface area contributed by atoms with E-state index >= 15 is 0 Å². The molecule has 0 atom stereocenters. The molecule has 7 heteroatoms. The van der Waals surface area contributed by atoms with E-state index in [9.17, 15) is 13.2 Å². The topological polar surface area (TPSA) is 86.7 Å². The highest BCUT2D eigenvalue weighted by atomic mass is 32.2. The summed E-state index contributed by atoms with van der Waals surface area (Å²) in [6, 6.07) is 23.6. The highest BCUT2D eigenvalue weighted by molar-refractivity contribution is 7.94. The minimum Gasteiger partial charge on any atom is -0.481 e. The van der Waals surface area contributed by atoms with E-state index in [1.54, 1.807) is 24.3 Å². The van der Waals surface area contributed by atoms with Crippen LogP contribution < -0.4 is 9.03 Å². The summed E-state index contributed by atoms with van der Waals surface area (Å²) in [5.74, 6) is 0.103. The first kappa shape index (κ1) is 23.4. The molecule has 0 amide bonds. The lowest BCUT2D eigenvalue weighted by Gasteiger charge is -2.28. The molecule has 0 saturated heterocycles. The van der Waals surface area contributed by atoms with E-state index < -0.39 is 16.2 Å². The molecule has 3 aromatic rings. The van der Waals surface area contributed by atoms with Gasteiger partial charge in [-0.1, -0.05) is 48.5 Å². The summed E-state index contributed by atoms with van der Waals surface area (Å²) >= 11 is 0. The number of hydrogen-bond donors (Lipinski definition) is 2. The Hall–Kier alpha value is -3.32. The molecule has 2 aliphatic rings. The predicted octanol–water partition coefficient (Wildman–Crippen LogP) is 5.82. The minimum atomic E-state index is -3.68. The van der Waals surface area contributed by atoms with Gasteiger partial charge in [0, 0.05) is 13.0 Å².